The Hall–Kier alpha value is -0.570. The van der Waals surface area contributed by atoms with E-state index < -0.39 is 0 Å². The largest absolute Gasteiger partial charge is 0.342 e. The van der Waals surface area contributed by atoms with Crippen LogP contribution in [0.2, 0.25) is 0 Å². The smallest absolute Gasteiger partial charge is 0.230 e. The quantitative estimate of drug-likeness (QED) is 0.798. The van der Waals surface area contributed by atoms with E-state index in [1.807, 2.05) is 4.90 Å². The van der Waals surface area contributed by atoms with Crippen LogP contribution in [0.25, 0.3) is 0 Å². The summed E-state index contributed by atoms with van der Waals surface area (Å²) in [4.78, 5) is 14.6. The molecule has 0 atom stereocenters. The molecule has 3 heteroatoms. The molecule has 0 unspecified atom stereocenters. The highest BCUT2D eigenvalue weighted by Gasteiger charge is 2.36. The summed E-state index contributed by atoms with van der Waals surface area (Å²) >= 11 is 0. The highest BCUT2D eigenvalue weighted by Crippen LogP contribution is 2.28. The monoisotopic (exact) mass is 226 g/mol. The summed E-state index contributed by atoms with van der Waals surface area (Å²) in [5.74, 6) is 0.293. The van der Waals surface area contributed by atoms with Gasteiger partial charge in [0.25, 0.3) is 0 Å². The lowest BCUT2D eigenvalue weighted by molar-refractivity contribution is -0.142. The number of nitrogens with zero attached hydrogens (tertiary/aromatic N) is 1. The molecule has 1 amide bonds. The first kappa shape index (κ1) is 13.5. The molecule has 0 aliphatic carbocycles. The molecule has 1 aliphatic rings. The van der Waals surface area contributed by atoms with Crippen molar-refractivity contribution in [1.82, 2.24) is 4.90 Å². The molecule has 1 saturated heterocycles. The second kappa shape index (κ2) is 6.24. The number of likely N-dealkylation sites (tertiary alicyclic amines) is 1. The van der Waals surface area contributed by atoms with Gasteiger partial charge in [-0.15, -0.1) is 0 Å². The predicted molar refractivity (Wildman–Crippen MR) is 67.1 cm³/mol. The van der Waals surface area contributed by atoms with Crippen molar-refractivity contribution in [3.8, 4) is 0 Å². The van der Waals surface area contributed by atoms with Gasteiger partial charge in [-0.3, -0.25) is 4.79 Å². The number of carbonyl (C=O) groups excluding carboxylic acids is 1. The summed E-state index contributed by atoms with van der Waals surface area (Å²) in [6.07, 6.45) is 6.54. The van der Waals surface area contributed by atoms with Crippen molar-refractivity contribution in [3.63, 3.8) is 0 Å². The topological polar surface area (TPSA) is 46.3 Å². The molecule has 3 nitrogen and oxygen atoms in total. The molecule has 1 rings (SSSR count). The maximum Gasteiger partial charge on any atom is 0.230 e. The van der Waals surface area contributed by atoms with Crippen LogP contribution in [-0.2, 0) is 4.79 Å². The fraction of sp³-hybridized carbons (Fsp3) is 0.923. The molecule has 0 bridgehead atoms. The third kappa shape index (κ3) is 2.76. The van der Waals surface area contributed by atoms with Crippen molar-refractivity contribution in [2.45, 2.75) is 52.4 Å². The molecule has 1 fully saturated rings. The lowest BCUT2D eigenvalue weighted by Crippen LogP contribution is -2.47. The number of hydrogen-bond acceptors (Lipinski definition) is 2. The van der Waals surface area contributed by atoms with E-state index in [4.69, 9.17) is 5.73 Å². The number of amides is 1. The van der Waals surface area contributed by atoms with Gasteiger partial charge in [0, 0.05) is 19.6 Å². The van der Waals surface area contributed by atoms with Crippen molar-refractivity contribution in [1.29, 1.82) is 0 Å². The van der Waals surface area contributed by atoms with Gasteiger partial charge in [-0.05, 0) is 25.7 Å². The van der Waals surface area contributed by atoms with Crippen LogP contribution in [-0.4, -0.2) is 30.4 Å². The van der Waals surface area contributed by atoms with E-state index >= 15 is 0 Å². The van der Waals surface area contributed by atoms with Gasteiger partial charge in [0.15, 0.2) is 0 Å². The van der Waals surface area contributed by atoms with Crippen LogP contribution in [0.4, 0.5) is 0 Å². The first-order valence-electron chi connectivity index (χ1n) is 6.69. The third-order valence-electron chi connectivity index (χ3n) is 4.09. The molecule has 16 heavy (non-hydrogen) atoms. The van der Waals surface area contributed by atoms with Crippen molar-refractivity contribution >= 4 is 5.91 Å². The number of nitrogens with two attached hydrogens (primary N) is 1. The highest BCUT2D eigenvalue weighted by molar-refractivity contribution is 5.83. The molecule has 0 aromatic carbocycles. The summed E-state index contributed by atoms with van der Waals surface area (Å²) in [7, 11) is 0. The van der Waals surface area contributed by atoms with Gasteiger partial charge in [-0.25, -0.2) is 0 Å². The Morgan fingerprint density at radius 3 is 2.00 bits per heavy atom. The Bertz CT molecular complexity index is 208. The van der Waals surface area contributed by atoms with Crippen LogP contribution < -0.4 is 5.73 Å². The Morgan fingerprint density at radius 1 is 1.12 bits per heavy atom. The van der Waals surface area contributed by atoms with Crippen molar-refractivity contribution < 1.29 is 4.79 Å². The van der Waals surface area contributed by atoms with Crippen LogP contribution >= 0.6 is 0 Å². The molecule has 2 N–H and O–H groups in total. The van der Waals surface area contributed by atoms with E-state index in [-0.39, 0.29) is 5.41 Å². The SMILES string of the molecule is CCC(CC)(CN)C(=O)N1CCCCCC1. The Morgan fingerprint density at radius 2 is 1.62 bits per heavy atom. The molecule has 0 aromatic heterocycles. The second-order valence-electron chi connectivity index (χ2n) is 4.90. The standard InChI is InChI=1S/C13H26N2O/c1-3-13(4-2,11-14)12(16)15-9-7-5-6-8-10-15/h3-11,14H2,1-2H3. The minimum absolute atomic E-state index is 0.293. The molecular formula is C13H26N2O. The minimum atomic E-state index is -0.301. The zero-order chi connectivity index (χ0) is 12.0. The predicted octanol–water partition coefficient (Wildman–Crippen LogP) is 2.15. The van der Waals surface area contributed by atoms with Gasteiger partial charge >= 0.3 is 0 Å². The van der Waals surface area contributed by atoms with Gasteiger partial charge < -0.3 is 10.6 Å². The van der Waals surface area contributed by atoms with Crippen molar-refractivity contribution in [3.05, 3.63) is 0 Å². The fourth-order valence-corrected chi connectivity index (χ4v) is 2.54. The zero-order valence-corrected chi connectivity index (χ0v) is 10.8. The minimum Gasteiger partial charge on any atom is -0.342 e. The third-order valence-corrected chi connectivity index (χ3v) is 4.09. The number of rotatable bonds is 4. The average molecular weight is 226 g/mol. The Balaban J connectivity index is 2.72. The van der Waals surface area contributed by atoms with Gasteiger partial charge in [0.1, 0.15) is 0 Å². The van der Waals surface area contributed by atoms with Crippen LogP contribution in [0, 0.1) is 5.41 Å². The Kier molecular flexibility index (Phi) is 5.26. The van der Waals surface area contributed by atoms with E-state index in [1.54, 1.807) is 0 Å². The van der Waals surface area contributed by atoms with Gasteiger partial charge in [0.05, 0.1) is 5.41 Å². The van der Waals surface area contributed by atoms with Crippen LogP contribution in [0.5, 0.6) is 0 Å². The lowest BCUT2D eigenvalue weighted by Gasteiger charge is -2.34. The summed E-state index contributed by atoms with van der Waals surface area (Å²) in [5.41, 5.74) is 5.53. The summed E-state index contributed by atoms with van der Waals surface area (Å²) in [5, 5.41) is 0. The highest BCUT2D eigenvalue weighted by atomic mass is 16.2. The molecule has 1 heterocycles. The Labute approximate surface area is 99.4 Å². The van der Waals surface area contributed by atoms with Gasteiger partial charge in [-0.1, -0.05) is 26.7 Å². The zero-order valence-electron chi connectivity index (χ0n) is 10.8. The summed E-state index contributed by atoms with van der Waals surface area (Å²) in [6.45, 7) is 6.49. The van der Waals surface area contributed by atoms with E-state index in [0.717, 1.165) is 38.8 Å². The number of carbonyl (C=O) groups is 1. The van der Waals surface area contributed by atoms with Crippen molar-refractivity contribution in [2.75, 3.05) is 19.6 Å². The van der Waals surface area contributed by atoms with Gasteiger partial charge in [-0.2, -0.15) is 0 Å². The maximum absolute atomic E-state index is 12.5. The molecule has 94 valence electrons. The van der Waals surface area contributed by atoms with E-state index in [9.17, 15) is 4.79 Å². The van der Waals surface area contributed by atoms with Gasteiger partial charge in [0.2, 0.25) is 5.91 Å². The van der Waals surface area contributed by atoms with E-state index in [1.165, 1.54) is 12.8 Å². The fourth-order valence-electron chi connectivity index (χ4n) is 2.54. The normalized spacial score (nSPS) is 18.3. The molecule has 0 radical (unpaired) electrons. The molecule has 0 spiro atoms. The first-order chi connectivity index (χ1) is 7.70. The molecule has 0 aromatic rings. The first-order valence-corrected chi connectivity index (χ1v) is 6.69. The van der Waals surface area contributed by atoms with Crippen molar-refractivity contribution in [2.24, 2.45) is 11.1 Å². The second-order valence-corrected chi connectivity index (χ2v) is 4.90. The summed E-state index contributed by atoms with van der Waals surface area (Å²) < 4.78 is 0. The molecular weight excluding hydrogens is 200 g/mol. The summed E-state index contributed by atoms with van der Waals surface area (Å²) in [6, 6.07) is 0. The van der Waals surface area contributed by atoms with Crippen LogP contribution in [0.3, 0.4) is 0 Å². The van der Waals surface area contributed by atoms with E-state index in [2.05, 4.69) is 13.8 Å². The molecule has 0 saturated carbocycles. The van der Waals surface area contributed by atoms with E-state index in [0.29, 0.717) is 12.5 Å². The molecule has 1 aliphatic heterocycles. The number of hydrogen-bond donors (Lipinski definition) is 1. The van der Waals surface area contributed by atoms with Crippen LogP contribution in [0.15, 0.2) is 0 Å². The van der Waals surface area contributed by atoms with Crippen LogP contribution in [0.1, 0.15) is 52.4 Å². The lowest BCUT2D eigenvalue weighted by atomic mass is 9.81. The maximum atomic E-state index is 12.5. The average Bonchev–Trinajstić information content (AvgIpc) is 2.60.